The lowest BCUT2D eigenvalue weighted by Crippen LogP contribution is -2.24. The average Bonchev–Trinajstić information content (AvgIpc) is 2.55. The highest BCUT2D eigenvalue weighted by molar-refractivity contribution is 6.29. The molecule has 1 heterocycles. The maximum absolute atomic E-state index is 12.0. The Morgan fingerprint density at radius 1 is 1.21 bits per heavy atom. The monoisotopic (exact) mass is 348 g/mol. The van der Waals surface area contributed by atoms with Crippen LogP contribution < -0.4 is 21.1 Å². The van der Waals surface area contributed by atoms with Crippen molar-refractivity contribution in [3.8, 4) is 5.75 Å². The Kier molecular flexibility index (Phi) is 5.97. The van der Waals surface area contributed by atoms with Crippen molar-refractivity contribution >= 4 is 34.8 Å². The van der Waals surface area contributed by atoms with Crippen molar-refractivity contribution in [3.63, 3.8) is 0 Å². The van der Waals surface area contributed by atoms with E-state index < -0.39 is 5.91 Å². The molecule has 0 fully saturated rings. The molecule has 0 atom stereocenters. The second kappa shape index (κ2) is 8.16. The molecular formula is C16H17ClN4O3. The van der Waals surface area contributed by atoms with Crippen LogP contribution in [0.15, 0.2) is 36.4 Å². The molecule has 2 aromatic rings. The zero-order valence-electron chi connectivity index (χ0n) is 13.0. The Morgan fingerprint density at radius 3 is 2.54 bits per heavy atom. The lowest BCUT2D eigenvalue weighted by Gasteiger charge is -2.10. The Balaban J connectivity index is 1.95. The molecule has 24 heavy (non-hydrogen) atoms. The van der Waals surface area contributed by atoms with Gasteiger partial charge in [0, 0.05) is 5.69 Å². The fourth-order valence-corrected chi connectivity index (χ4v) is 2.10. The molecule has 0 aliphatic rings. The van der Waals surface area contributed by atoms with Crippen molar-refractivity contribution in [2.24, 2.45) is 5.73 Å². The van der Waals surface area contributed by atoms with Gasteiger partial charge >= 0.3 is 0 Å². The number of nitrogens with two attached hydrogens (primary N) is 1. The summed E-state index contributed by atoms with van der Waals surface area (Å²) in [6.45, 7) is 2.41. The summed E-state index contributed by atoms with van der Waals surface area (Å²) in [7, 11) is 0. The molecule has 4 N–H and O–H groups in total. The number of amides is 2. The highest BCUT2D eigenvalue weighted by Gasteiger charge is 2.12. The van der Waals surface area contributed by atoms with Gasteiger partial charge in [0.05, 0.1) is 18.8 Å². The summed E-state index contributed by atoms with van der Waals surface area (Å²) in [5, 5.41) is 5.68. The van der Waals surface area contributed by atoms with Crippen LogP contribution in [0.2, 0.25) is 5.15 Å². The molecule has 0 bridgehead atoms. The molecule has 126 valence electrons. The first-order chi connectivity index (χ1) is 11.5. The molecule has 1 aromatic heterocycles. The van der Waals surface area contributed by atoms with Crippen LogP contribution in [-0.4, -0.2) is 29.9 Å². The molecule has 0 unspecified atom stereocenters. The van der Waals surface area contributed by atoms with Crippen molar-refractivity contribution < 1.29 is 14.3 Å². The summed E-state index contributed by atoms with van der Waals surface area (Å²) in [6, 6.07) is 10.0. The minimum absolute atomic E-state index is 0.0173. The number of carbonyl (C=O) groups excluding carboxylic acids is 2. The van der Waals surface area contributed by atoms with Gasteiger partial charge in [0.25, 0.3) is 5.91 Å². The summed E-state index contributed by atoms with van der Waals surface area (Å²) >= 11 is 5.73. The highest BCUT2D eigenvalue weighted by atomic mass is 35.5. The normalized spacial score (nSPS) is 10.1. The van der Waals surface area contributed by atoms with Crippen LogP contribution in [0, 0.1) is 0 Å². The molecule has 0 aliphatic heterocycles. The maximum Gasteiger partial charge on any atom is 0.269 e. The van der Waals surface area contributed by atoms with E-state index in [1.165, 1.54) is 6.07 Å². The number of hydrogen-bond acceptors (Lipinski definition) is 5. The molecule has 0 spiro atoms. The number of hydrogen-bond donors (Lipinski definition) is 3. The van der Waals surface area contributed by atoms with Crippen molar-refractivity contribution in [3.05, 3.63) is 47.2 Å². The molecule has 7 nitrogen and oxygen atoms in total. The van der Waals surface area contributed by atoms with Gasteiger partial charge in [-0.3, -0.25) is 9.59 Å². The van der Waals surface area contributed by atoms with E-state index in [4.69, 9.17) is 22.1 Å². The standard InChI is InChI=1S/C16H17ClN4O3/c1-2-24-11-5-3-10(4-6-11)20-14(22)9-19-12-7-8-13(17)21-15(12)16(18)23/h3-8,19H,2,9H2,1H3,(H2,18,23)(H,20,22). The van der Waals surface area contributed by atoms with Gasteiger partial charge in [0.1, 0.15) is 10.9 Å². The third-order valence-corrected chi connectivity index (χ3v) is 3.19. The van der Waals surface area contributed by atoms with Gasteiger partial charge in [0.15, 0.2) is 5.69 Å². The van der Waals surface area contributed by atoms with Crippen LogP contribution in [0.5, 0.6) is 5.75 Å². The fraction of sp³-hybridized carbons (Fsp3) is 0.188. The highest BCUT2D eigenvalue weighted by Crippen LogP contribution is 2.17. The molecule has 0 radical (unpaired) electrons. The van der Waals surface area contributed by atoms with E-state index in [2.05, 4.69) is 15.6 Å². The number of carbonyl (C=O) groups is 2. The van der Waals surface area contributed by atoms with E-state index in [9.17, 15) is 9.59 Å². The van der Waals surface area contributed by atoms with E-state index in [0.29, 0.717) is 18.0 Å². The van der Waals surface area contributed by atoms with Crippen molar-refractivity contribution in [1.29, 1.82) is 0 Å². The number of ether oxygens (including phenoxy) is 1. The number of anilines is 2. The lowest BCUT2D eigenvalue weighted by molar-refractivity contribution is -0.114. The second-order valence-corrected chi connectivity index (χ2v) is 5.14. The number of nitrogens with zero attached hydrogens (tertiary/aromatic N) is 1. The molecule has 1 aromatic carbocycles. The van der Waals surface area contributed by atoms with Gasteiger partial charge in [-0.25, -0.2) is 4.98 Å². The maximum atomic E-state index is 12.0. The van der Waals surface area contributed by atoms with E-state index in [0.717, 1.165) is 5.75 Å². The Bertz CT molecular complexity index is 735. The second-order valence-electron chi connectivity index (χ2n) is 4.75. The molecule has 2 rings (SSSR count). The number of aromatic nitrogens is 1. The van der Waals surface area contributed by atoms with Gasteiger partial charge in [-0.05, 0) is 43.3 Å². The largest absolute Gasteiger partial charge is 0.494 e. The molecule has 0 saturated carbocycles. The fourth-order valence-electron chi connectivity index (χ4n) is 1.95. The third-order valence-electron chi connectivity index (χ3n) is 2.98. The van der Waals surface area contributed by atoms with Crippen LogP contribution in [0.3, 0.4) is 0 Å². The van der Waals surface area contributed by atoms with Gasteiger partial charge in [-0.15, -0.1) is 0 Å². The number of halogens is 1. The first kappa shape index (κ1) is 17.6. The smallest absolute Gasteiger partial charge is 0.269 e. The van der Waals surface area contributed by atoms with E-state index in [-0.39, 0.29) is 23.3 Å². The van der Waals surface area contributed by atoms with E-state index >= 15 is 0 Å². The van der Waals surface area contributed by atoms with Crippen LogP contribution in [0.4, 0.5) is 11.4 Å². The third kappa shape index (κ3) is 4.85. The number of benzene rings is 1. The minimum atomic E-state index is -0.730. The molecular weight excluding hydrogens is 332 g/mol. The van der Waals surface area contributed by atoms with Crippen molar-refractivity contribution in [2.45, 2.75) is 6.92 Å². The Morgan fingerprint density at radius 2 is 1.92 bits per heavy atom. The van der Waals surface area contributed by atoms with E-state index in [1.807, 2.05) is 6.92 Å². The van der Waals surface area contributed by atoms with Crippen molar-refractivity contribution in [2.75, 3.05) is 23.8 Å². The predicted octanol–water partition coefficient (Wildman–Crippen LogP) is 2.28. The number of rotatable bonds is 7. The zero-order valence-corrected chi connectivity index (χ0v) is 13.8. The molecule has 0 saturated heterocycles. The minimum Gasteiger partial charge on any atom is -0.494 e. The summed E-state index contributed by atoms with van der Waals surface area (Å²) in [5.41, 5.74) is 6.20. The zero-order chi connectivity index (χ0) is 17.5. The number of nitrogens with one attached hydrogen (secondary N) is 2. The summed E-state index contributed by atoms with van der Waals surface area (Å²) < 4.78 is 5.33. The van der Waals surface area contributed by atoms with Crippen LogP contribution in [0.25, 0.3) is 0 Å². The first-order valence-corrected chi connectivity index (χ1v) is 7.60. The van der Waals surface area contributed by atoms with Gasteiger partial charge in [-0.2, -0.15) is 0 Å². The van der Waals surface area contributed by atoms with Gasteiger partial charge in [0.2, 0.25) is 5.91 Å². The lowest BCUT2D eigenvalue weighted by atomic mass is 10.2. The molecule has 8 heteroatoms. The Hall–Kier alpha value is -2.80. The van der Waals surface area contributed by atoms with Crippen LogP contribution in [-0.2, 0) is 4.79 Å². The predicted molar refractivity (Wildman–Crippen MR) is 92.5 cm³/mol. The van der Waals surface area contributed by atoms with Crippen LogP contribution >= 0.6 is 11.6 Å². The molecule has 2 amide bonds. The van der Waals surface area contributed by atoms with Crippen molar-refractivity contribution in [1.82, 2.24) is 4.98 Å². The summed E-state index contributed by atoms with van der Waals surface area (Å²) in [6.07, 6.45) is 0. The summed E-state index contributed by atoms with van der Waals surface area (Å²) in [4.78, 5) is 27.2. The van der Waals surface area contributed by atoms with Crippen LogP contribution in [0.1, 0.15) is 17.4 Å². The quantitative estimate of drug-likeness (QED) is 0.665. The van der Waals surface area contributed by atoms with Gasteiger partial charge in [-0.1, -0.05) is 11.6 Å². The summed E-state index contributed by atoms with van der Waals surface area (Å²) in [5.74, 6) is -0.289. The molecule has 0 aliphatic carbocycles. The van der Waals surface area contributed by atoms with Gasteiger partial charge < -0.3 is 21.1 Å². The first-order valence-electron chi connectivity index (χ1n) is 7.22. The Labute approximate surface area is 144 Å². The van der Waals surface area contributed by atoms with E-state index in [1.54, 1.807) is 30.3 Å². The SMILES string of the molecule is CCOc1ccc(NC(=O)CNc2ccc(Cl)nc2C(N)=O)cc1. The number of pyridine rings is 1. The topological polar surface area (TPSA) is 106 Å². The number of primary amides is 1. The average molecular weight is 349 g/mol.